The minimum atomic E-state index is 0.859. The van der Waals surface area contributed by atoms with Crippen LogP contribution in [-0.4, -0.2) is 17.7 Å². The lowest BCUT2D eigenvalue weighted by Crippen LogP contribution is -2.28. The fourth-order valence-electron chi connectivity index (χ4n) is 3.14. The largest absolute Gasteiger partial charge is 0.350 e. The number of benzene rings is 1. The van der Waals surface area contributed by atoms with Gasteiger partial charge in [0, 0.05) is 24.1 Å². The lowest BCUT2D eigenvalue weighted by Gasteiger charge is -2.22. The Morgan fingerprint density at radius 1 is 1.28 bits per heavy atom. The Labute approximate surface area is 109 Å². The Morgan fingerprint density at radius 3 is 2.83 bits per heavy atom. The maximum Gasteiger partial charge on any atom is 0.0483 e. The molecule has 2 nitrogen and oxygen atoms in total. The molecule has 1 N–H and O–H groups in total. The van der Waals surface area contributed by atoms with Crippen LogP contribution in [0, 0.1) is 12.8 Å². The summed E-state index contributed by atoms with van der Waals surface area (Å²) in [6.45, 7) is 4.54. The van der Waals surface area contributed by atoms with Crippen LogP contribution < -0.4 is 5.32 Å². The highest BCUT2D eigenvalue weighted by atomic mass is 14.9. The monoisotopic (exact) mass is 242 g/mol. The SMILES string of the molecule is Cc1ccc2c(CC3CCNCC3)cn(C)c2c1. The summed E-state index contributed by atoms with van der Waals surface area (Å²) >= 11 is 0. The average Bonchev–Trinajstić information content (AvgIpc) is 2.67. The summed E-state index contributed by atoms with van der Waals surface area (Å²) in [5, 5.41) is 4.89. The second-order valence-electron chi connectivity index (χ2n) is 5.68. The topological polar surface area (TPSA) is 17.0 Å². The fourth-order valence-corrected chi connectivity index (χ4v) is 3.14. The van der Waals surface area contributed by atoms with Gasteiger partial charge in [-0.1, -0.05) is 12.1 Å². The van der Waals surface area contributed by atoms with Crippen molar-refractivity contribution in [2.24, 2.45) is 13.0 Å². The van der Waals surface area contributed by atoms with E-state index in [4.69, 9.17) is 0 Å². The number of nitrogens with one attached hydrogen (secondary N) is 1. The molecule has 1 aromatic heterocycles. The maximum atomic E-state index is 3.45. The van der Waals surface area contributed by atoms with Crippen molar-refractivity contribution in [3.8, 4) is 0 Å². The first kappa shape index (κ1) is 11.8. The highest BCUT2D eigenvalue weighted by molar-refractivity contribution is 5.84. The normalized spacial score (nSPS) is 17.4. The summed E-state index contributed by atoms with van der Waals surface area (Å²) in [6, 6.07) is 6.82. The first-order chi connectivity index (χ1) is 8.74. The van der Waals surface area contributed by atoms with Crippen molar-refractivity contribution in [3.63, 3.8) is 0 Å². The first-order valence-electron chi connectivity index (χ1n) is 6.99. The molecule has 1 aliphatic rings. The summed E-state index contributed by atoms with van der Waals surface area (Å²) in [5.74, 6) is 0.859. The molecule has 0 spiro atoms. The minimum absolute atomic E-state index is 0.859. The molecule has 0 aliphatic carbocycles. The molecule has 18 heavy (non-hydrogen) atoms. The number of hydrogen-bond acceptors (Lipinski definition) is 1. The molecule has 1 aliphatic heterocycles. The van der Waals surface area contributed by atoms with E-state index in [-0.39, 0.29) is 0 Å². The Morgan fingerprint density at radius 2 is 2.06 bits per heavy atom. The first-order valence-corrected chi connectivity index (χ1v) is 6.99. The Bertz CT molecular complexity index is 547. The quantitative estimate of drug-likeness (QED) is 0.856. The number of aromatic nitrogens is 1. The number of piperidine rings is 1. The Hall–Kier alpha value is -1.28. The van der Waals surface area contributed by atoms with Crippen molar-refractivity contribution in [3.05, 3.63) is 35.5 Å². The molecule has 2 heteroatoms. The van der Waals surface area contributed by atoms with E-state index in [0.29, 0.717) is 0 Å². The van der Waals surface area contributed by atoms with Crippen molar-refractivity contribution in [2.75, 3.05) is 13.1 Å². The molecule has 2 aromatic rings. The molecule has 0 radical (unpaired) electrons. The van der Waals surface area contributed by atoms with E-state index in [0.717, 1.165) is 5.92 Å². The predicted octanol–water partition coefficient (Wildman–Crippen LogP) is 3.03. The second-order valence-corrected chi connectivity index (χ2v) is 5.68. The smallest absolute Gasteiger partial charge is 0.0483 e. The van der Waals surface area contributed by atoms with Crippen molar-refractivity contribution < 1.29 is 0 Å². The second kappa shape index (κ2) is 4.77. The third kappa shape index (κ3) is 2.17. The van der Waals surface area contributed by atoms with Gasteiger partial charge in [0.1, 0.15) is 0 Å². The van der Waals surface area contributed by atoms with E-state index in [9.17, 15) is 0 Å². The molecule has 0 amide bonds. The lowest BCUT2D eigenvalue weighted by atomic mass is 9.91. The molecule has 1 aromatic carbocycles. The van der Waals surface area contributed by atoms with Crippen molar-refractivity contribution in [1.82, 2.24) is 9.88 Å². The summed E-state index contributed by atoms with van der Waals surface area (Å²) < 4.78 is 2.28. The summed E-state index contributed by atoms with van der Waals surface area (Å²) in [5.41, 5.74) is 4.25. The lowest BCUT2D eigenvalue weighted by molar-refractivity contribution is 0.373. The van der Waals surface area contributed by atoms with Crippen molar-refractivity contribution in [1.29, 1.82) is 0 Å². The van der Waals surface area contributed by atoms with E-state index >= 15 is 0 Å². The molecule has 1 fully saturated rings. The van der Waals surface area contributed by atoms with Gasteiger partial charge in [-0.15, -0.1) is 0 Å². The van der Waals surface area contributed by atoms with E-state index in [1.807, 2.05) is 0 Å². The Balaban J connectivity index is 1.91. The molecule has 0 atom stereocenters. The van der Waals surface area contributed by atoms with Crippen LogP contribution in [0.4, 0.5) is 0 Å². The molecule has 0 unspecified atom stereocenters. The zero-order valence-corrected chi connectivity index (χ0v) is 11.4. The van der Waals surface area contributed by atoms with Gasteiger partial charge in [-0.2, -0.15) is 0 Å². The van der Waals surface area contributed by atoms with Crippen LogP contribution in [0.15, 0.2) is 24.4 Å². The molecule has 96 valence electrons. The van der Waals surface area contributed by atoms with Crippen molar-refractivity contribution in [2.45, 2.75) is 26.2 Å². The zero-order chi connectivity index (χ0) is 12.5. The van der Waals surface area contributed by atoms with Crippen LogP contribution in [0.2, 0.25) is 0 Å². The van der Waals surface area contributed by atoms with E-state index < -0.39 is 0 Å². The van der Waals surface area contributed by atoms with Crippen LogP contribution in [0.5, 0.6) is 0 Å². The maximum absolute atomic E-state index is 3.45. The number of nitrogens with zero attached hydrogens (tertiary/aromatic N) is 1. The number of aryl methyl sites for hydroxylation is 2. The van der Waals surface area contributed by atoms with Gasteiger partial charge < -0.3 is 9.88 Å². The number of hydrogen-bond donors (Lipinski definition) is 1. The standard InChI is InChI=1S/C16H22N2/c1-12-3-4-15-14(11-18(2)16(15)9-12)10-13-5-7-17-8-6-13/h3-4,9,11,13,17H,5-8,10H2,1-2H3. The summed E-state index contributed by atoms with van der Waals surface area (Å²) in [4.78, 5) is 0. The molecular weight excluding hydrogens is 220 g/mol. The van der Waals surface area contributed by atoms with E-state index in [1.54, 1.807) is 0 Å². The number of rotatable bonds is 2. The van der Waals surface area contributed by atoms with Gasteiger partial charge in [0.15, 0.2) is 0 Å². The third-order valence-electron chi connectivity index (χ3n) is 4.20. The number of fused-ring (bicyclic) bond motifs is 1. The zero-order valence-electron chi connectivity index (χ0n) is 11.4. The van der Waals surface area contributed by atoms with E-state index in [1.165, 1.54) is 54.4 Å². The molecular formula is C16H22N2. The average molecular weight is 242 g/mol. The van der Waals surface area contributed by atoms with Crippen LogP contribution in [-0.2, 0) is 13.5 Å². The van der Waals surface area contributed by atoms with E-state index in [2.05, 4.69) is 48.3 Å². The van der Waals surface area contributed by atoms with Gasteiger partial charge in [0.05, 0.1) is 0 Å². The minimum Gasteiger partial charge on any atom is -0.350 e. The molecule has 1 saturated heterocycles. The summed E-state index contributed by atoms with van der Waals surface area (Å²) in [6.07, 6.45) is 6.21. The molecule has 3 rings (SSSR count). The van der Waals surface area contributed by atoms with Crippen LogP contribution in [0.25, 0.3) is 10.9 Å². The van der Waals surface area contributed by atoms with Gasteiger partial charge in [0.25, 0.3) is 0 Å². The highest BCUT2D eigenvalue weighted by Gasteiger charge is 2.16. The molecule has 0 bridgehead atoms. The third-order valence-corrected chi connectivity index (χ3v) is 4.20. The molecule has 2 heterocycles. The fraction of sp³-hybridized carbons (Fsp3) is 0.500. The van der Waals surface area contributed by atoms with Crippen molar-refractivity contribution >= 4 is 10.9 Å². The summed E-state index contributed by atoms with van der Waals surface area (Å²) in [7, 11) is 2.16. The van der Waals surface area contributed by atoms with Gasteiger partial charge in [-0.05, 0) is 62.4 Å². The van der Waals surface area contributed by atoms with Crippen LogP contribution >= 0.6 is 0 Å². The van der Waals surface area contributed by atoms with Crippen LogP contribution in [0.1, 0.15) is 24.0 Å². The molecule has 0 saturated carbocycles. The van der Waals surface area contributed by atoms with Gasteiger partial charge in [0.2, 0.25) is 0 Å². The van der Waals surface area contributed by atoms with Crippen LogP contribution in [0.3, 0.4) is 0 Å². The van der Waals surface area contributed by atoms with Gasteiger partial charge in [-0.3, -0.25) is 0 Å². The van der Waals surface area contributed by atoms with Gasteiger partial charge >= 0.3 is 0 Å². The predicted molar refractivity (Wildman–Crippen MR) is 77.0 cm³/mol. The highest BCUT2D eigenvalue weighted by Crippen LogP contribution is 2.26. The Kier molecular flexibility index (Phi) is 3.13. The van der Waals surface area contributed by atoms with Gasteiger partial charge in [-0.25, -0.2) is 0 Å².